The van der Waals surface area contributed by atoms with Gasteiger partial charge in [0, 0.05) is 18.8 Å². The third kappa shape index (κ3) is 4.93. The van der Waals surface area contributed by atoms with Gasteiger partial charge < -0.3 is 14.8 Å². The van der Waals surface area contributed by atoms with E-state index in [1.54, 1.807) is 18.2 Å². The van der Waals surface area contributed by atoms with Gasteiger partial charge in [0.05, 0.1) is 23.6 Å². The summed E-state index contributed by atoms with van der Waals surface area (Å²) in [4.78, 5) is 24.3. The predicted octanol–water partition coefficient (Wildman–Crippen LogP) is 0.634. The van der Waals surface area contributed by atoms with E-state index in [9.17, 15) is 18.0 Å². The maximum absolute atomic E-state index is 12.6. The Morgan fingerprint density at radius 3 is 2.53 bits per heavy atom. The Hall–Kier alpha value is -3.35. The summed E-state index contributed by atoms with van der Waals surface area (Å²) in [7, 11) is -3.61. The first-order valence-corrected chi connectivity index (χ1v) is 11.3. The first-order valence-electron chi connectivity index (χ1n) is 9.85. The number of hydrogen-bond acceptors (Lipinski definition) is 8. The normalized spacial score (nSPS) is 14.9. The van der Waals surface area contributed by atoms with E-state index in [1.807, 2.05) is 6.07 Å². The molecule has 12 heteroatoms. The predicted molar refractivity (Wildman–Crippen MR) is 113 cm³/mol. The van der Waals surface area contributed by atoms with Crippen LogP contribution in [0.4, 0.5) is 5.69 Å². The Bertz CT molecular complexity index is 1220. The molecule has 0 spiro atoms. The summed E-state index contributed by atoms with van der Waals surface area (Å²) in [6.07, 6.45) is 0. The van der Waals surface area contributed by atoms with Gasteiger partial charge in [0.25, 0.3) is 5.91 Å². The van der Waals surface area contributed by atoms with Gasteiger partial charge in [-0.1, -0.05) is 17.3 Å². The summed E-state index contributed by atoms with van der Waals surface area (Å²) < 4.78 is 38.2. The van der Waals surface area contributed by atoms with Crippen molar-refractivity contribution in [1.29, 1.82) is 0 Å². The summed E-state index contributed by atoms with van der Waals surface area (Å²) in [5.74, 6) is -1.19. The lowest BCUT2D eigenvalue weighted by molar-refractivity contribution is -0.148. The fraction of sp³-hybridized carbons (Fsp3) is 0.300. The summed E-state index contributed by atoms with van der Waals surface area (Å²) >= 11 is 0. The molecule has 0 atom stereocenters. The van der Waals surface area contributed by atoms with Gasteiger partial charge in [0.15, 0.2) is 6.61 Å². The summed E-state index contributed by atoms with van der Waals surface area (Å²) in [5, 5.41) is 10.4. The Balaban J connectivity index is 1.29. The quantitative estimate of drug-likeness (QED) is 0.509. The van der Waals surface area contributed by atoms with E-state index in [0.29, 0.717) is 43.0 Å². The molecule has 0 saturated carbocycles. The number of carbonyl (C=O) groups is 2. The monoisotopic (exact) mass is 459 g/mol. The number of rotatable bonds is 7. The van der Waals surface area contributed by atoms with Gasteiger partial charge in [-0.3, -0.25) is 9.59 Å². The number of hydrogen-bond donors (Lipinski definition) is 1. The average Bonchev–Trinajstić information content (AvgIpc) is 3.21. The fourth-order valence-electron chi connectivity index (χ4n) is 3.19. The SMILES string of the molecule is O=C(COC(=O)Cn1nnc2ccccc21)Nc1ccc(S(=O)(=O)N2CCOCC2)cc1. The molecule has 3 aromatic rings. The molecule has 32 heavy (non-hydrogen) atoms. The zero-order chi connectivity index (χ0) is 22.6. The second-order valence-electron chi connectivity index (χ2n) is 6.99. The number of anilines is 1. The van der Waals surface area contributed by atoms with Crippen molar-refractivity contribution in [1.82, 2.24) is 19.3 Å². The molecule has 1 aliphatic rings. The molecule has 168 valence electrons. The molecule has 4 rings (SSSR count). The van der Waals surface area contributed by atoms with E-state index >= 15 is 0 Å². The van der Waals surface area contributed by atoms with Gasteiger partial charge in [-0.25, -0.2) is 13.1 Å². The van der Waals surface area contributed by atoms with Crippen molar-refractivity contribution in [2.45, 2.75) is 11.4 Å². The van der Waals surface area contributed by atoms with Crippen LogP contribution in [0.1, 0.15) is 0 Å². The topological polar surface area (TPSA) is 133 Å². The van der Waals surface area contributed by atoms with E-state index in [2.05, 4.69) is 15.6 Å². The van der Waals surface area contributed by atoms with Crippen molar-refractivity contribution in [3.63, 3.8) is 0 Å². The Morgan fingerprint density at radius 2 is 1.78 bits per heavy atom. The third-order valence-corrected chi connectivity index (χ3v) is 6.72. The third-order valence-electron chi connectivity index (χ3n) is 4.81. The van der Waals surface area contributed by atoms with Crippen LogP contribution in [0.5, 0.6) is 0 Å². The minimum Gasteiger partial charge on any atom is -0.454 e. The minimum atomic E-state index is -3.61. The molecular weight excluding hydrogens is 438 g/mol. The van der Waals surface area contributed by atoms with E-state index in [-0.39, 0.29) is 11.4 Å². The van der Waals surface area contributed by atoms with Gasteiger partial charge in [-0.15, -0.1) is 5.10 Å². The summed E-state index contributed by atoms with van der Waals surface area (Å²) in [5.41, 5.74) is 1.72. The number of fused-ring (bicyclic) bond motifs is 1. The molecule has 1 N–H and O–H groups in total. The maximum Gasteiger partial charge on any atom is 0.328 e. The molecule has 1 amide bonds. The lowest BCUT2D eigenvalue weighted by Gasteiger charge is -2.26. The molecule has 11 nitrogen and oxygen atoms in total. The number of carbonyl (C=O) groups excluding carboxylic acids is 2. The maximum atomic E-state index is 12.6. The van der Waals surface area contributed by atoms with Gasteiger partial charge in [-0.2, -0.15) is 4.31 Å². The number of morpholine rings is 1. The van der Waals surface area contributed by atoms with Crippen LogP contribution in [0.15, 0.2) is 53.4 Å². The van der Waals surface area contributed by atoms with Crippen molar-refractivity contribution in [3.05, 3.63) is 48.5 Å². The molecule has 0 unspecified atom stereocenters. The number of aromatic nitrogens is 3. The van der Waals surface area contributed by atoms with Gasteiger partial charge in [0.2, 0.25) is 10.0 Å². The van der Waals surface area contributed by atoms with Crippen LogP contribution in [0.25, 0.3) is 11.0 Å². The van der Waals surface area contributed by atoms with E-state index < -0.39 is 28.5 Å². The number of para-hydroxylation sites is 1. The molecular formula is C20H21N5O6S. The van der Waals surface area contributed by atoms with E-state index in [4.69, 9.17) is 9.47 Å². The number of benzene rings is 2. The highest BCUT2D eigenvalue weighted by atomic mass is 32.2. The van der Waals surface area contributed by atoms with Crippen molar-refractivity contribution in [3.8, 4) is 0 Å². The van der Waals surface area contributed by atoms with Crippen molar-refractivity contribution in [2.24, 2.45) is 0 Å². The highest BCUT2D eigenvalue weighted by Gasteiger charge is 2.26. The smallest absolute Gasteiger partial charge is 0.328 e. The minimum absolute atomic E-state index is 0.129. The first-order chi connectivity index (χ1) is 15.4. The van der Waals surface area contributed by atoms with Crippen LogP contribution in [0.3, 0.4) is 0 Å². The molecule has 2 aromatic carbocycles. The zero-order valence-corrected chi connectivity index (χ0v) is 17.8. The number of esters is 1. The Labute approximate surface area is 183 Å². The highest BCUT2D eigenvalue weighted by Crippen LogP contribution is 2.19. The Morgan fingerprint density at radius 1 is 1.06 bits per heavy atom. The molecule has 2 heterocycles. The molecule has 0 radical (unpaired) electrons. The zero-order valence-electron chi connectivity index (χ0n) is 17.0. The summed E-state index contributed by atoms with van der Waals surface area (Å²) in [6.45, 7) is 0.660. The second-order valence-corrected chi connectivity index (χ2v) is 8.92. The lowest BCUT2D eigenvalue weighted by Crippen LogP contribution is -2.40. The fourth-order valence-corrected chi connectivity index (χ4v) is 4.60. The van der Waals surface area contributed by atoms with Crippen LogP contribution in [0.2, 0.25) is 0 Å². The number of amides is 1. The molecule has 1 aliphatic heterocycles. The van der Waals surface area contributed by atoms with Crippen LogP contribution in [0, 0.1) is 0 Å². The highest BCUT2D eigenvalue weighted by molar-refractivity contribution is 7.89. The summed E-state index contributed by atoms with van der Waals surface area (Å²) in [6, 6.07) is 13.0. The first kappa shape index (κ1) is 21.9. The van der Waals surface area contributed by atoms with Crippen LogP contribution in [-0.2, 0) is 35.6 Å². The largest absolute Gasteiger partial charge is 0.454 e. The van der Waals surface area contributed by atoms with Crippen molar-refractivity contribution < 1.29 is 27.5 Å². The van der Waals surface area contributed by atoms with Crippen LogP contribution < -0.4 is 5.32 Å². The molecule has 1 saturated heterocycles. The standard InChI is InChI=1S/C20H21N5O6S/c26-19(14-31-20(27)13-25-18-4-2-1-3-17(18)22-23-25)21-15-5-7-16(8-6-15)32(28,29)24-9-11-30-12-10-24/h1-8H,9-14H2,(H,21,26). The number of ether oxygens (including phenoxy) is 2. The van der Waals surface area contributed by atoms with E-state index in [0.717, 1.165) is 0 Å². The van der Waals surface area contributed by atoms with E-state index in [1.165, 1.54) is 33.3 Å². The van der Waals surface area contributed by atoms with Crippen molar-refractivity contribution >= 4 is 38.6 Å². The number of nitrogens with zero attached hydrogens (tertiary/aromatic N) is 4. The Kier molecular flexibility index (Phi) is 6.44. The number of sulfonamides is 1. The van der Waals surface area contributed by atoms with Gasteiger partial charge in [-0.05, 0) is 36.4 Å². The van der Waals surface area contributed by atoms with Crippen LogP contribution >= 0.6 is 0 Å². The van der Waals surface area contributed by atoms with Gasteiger partial charge >= 0.3 is 5.97 Å². The average molecular weight is 459 g/mol. The van der Waals surface area contributed by atoms with Crippen LogP contribution in [-0.4, -0.2) is 72.5 Å². The lowest BCUT2D eigenvalue weighted by atomic mass is 10.3. The molecule has 0 bridgehead atoms. The molecule has 0 aliphatic carbocycles. The molecule has 1 aromatic heterocycles. The molecule has 1 fully saturated rings. The van der Waals surface area contributed by atoms with Gasteiger partial charge in [0.1, 0.15) is 12.1 Å². The second kappa shape index (κ2) is 9.42. The van der Waals surface area contributed by atoms with Crippen molar-refractivity contribution in [2.75, 3.05) is 38.2 Å². The number of nitrogens with one attached hydrogen (secondary N) is 1.